The predicted molar refractivity (Wildman–Crippen MR) is 68.0 cm³/mol. The second-order valence-corrected chi connectivity index (χ2v) is 4.19. The van der Waals surface area contributed by atoms with E-state index in [4.69, 9.17) is 14.2 Å². The van der Waals surface area contributed by atoms with Crippen molar-refractivity contribution < 1.29 is 14.2 Å². The van der Waals surface area contributed by atoms with Gasteiger partial charge in [-0.05, 0) is 19.4 Å². The first kappa shape index (κ1) is 14.2. The summed E-state index contributed by atoms with van der Waals surface area (Å²) in [6, 6.07) is 10.1. The fourth-order valence-electron chi connectivity index (χ4n) is 1.33. The van der Waals surface area contributed by atoms with Gasteiger partial charge in [0.1, 0.15) is 0 Å². The van der Waals surface area contributed by atoms with E-state index in [-0.39, 0.29) is 12.2 Å². The molecular formula is C14H22O3. The Morgan fingerprint density at radius 1 is 1.00 bits per heavy atom. The topological polar surface area (TPSA) is 27.7 Å². The normalized spacial score (nSPS) is 14.5. The maximum absolute atomic E-state index is 5.58. The molecule has 0 N–H and O–H groups in total. The highest BCUT2D eigenvalue weighted by atomic mass is 16.6. The first-order valence-electron chi connectivity index (χ1n) is 5.98. The third kappa shape index (κ3) is 6.41. The molecular weight excluding hydrogens is 216 g/mol. The Balaban J connectivity index is 2.10. The van der Waals surface area contributed by atoms with E-state index in [1.165, 1.54) is 5.56 Å². The predicted octanol–water partition coefficient (Wildman–Crippen LogP) is 2.64. The summed E-state index contributed by atoms with van der Waals surface area (Å²) in [6.07, 6.45) is 0.225. The number of benzene rings is 1. The molecule has 0 aliphatic rings. The van der Waals surface area contributed by atoms with Crippen molar-refractivity contribution in [3.8, 4) is 0 Å². The average molecular weight is 238 g/mol. The summed E-state index contributed by atoms with van der Waals surface area (Å²) in [7, 11) is 1.69. The van der Waals surface area contributed by atoms with Crippen LogP contribution in [0.4, 0.5) is 0 Å². The van der Waals surface area contributed by atoms with Gasteiger partial charge in [0.15, 0.2) is 0 Å². The summed E-state index contributed by atoms with van der Waals surface area (Å²) in [4.78, 5) is 0. The van der Waals surface area contributed by atoms with E-state index in [1.807, 2.05) is 32.0 Å². The molecule has 0 saturated heterocycles. The van der Waals surface area contributed by atoms with Gasteiger partial charge in [-0.25, -0.2) is 0 Å². The zero-order chi connectivity index (χ0) is 12.5. The zero-order valence-corrected chi connectivity index (χ0v) is 10.9. The summed E-state index contributed by atoms with van der Waals surface area (Å²) in [5.74, 6) is 0. The number of hydrogen-bond donors (Lipinski definition) is 0. The molecule has 0 saturated carbocycles. The van der Waals surface area contributed by atoms with Crippen molar-refractivity contribution >= 4 is 0 Å². The molecule has 0 aliphatic heterocycles. The van der Waals surface area contributed by atoms with E-state index in [2.05, 4.69) is 12.1 Å². The van der Waals surface area contributed by atoms with E-state index in [9.17, 15) is 0 Å². The van der Waals surface area contributed by atoms with Gasteiger partial charge in [-0.15, -0.1) is 0 Å². The van der Waals surface area contributed by atoms with Crippen LogP contribution >= 0.6 is 0 Å². The van der Waals surface area contributed by atoms with Crippen molar-refractivity contribution in [3.05, 3.63) is 35.9 Å². The minimum Gasteiger partial charge on any atom is -0.379 e. The molecule has 0 aromatic heterocycles. The summed E-state index contributed by atoms with van der Waals surface area (Å²) in [5.41, 5.74) is 1.19. The monoisotopic (exact) mass is 238 g/mol. The fraction of sp³-hybridized carbons (Fsp3) is 0.571. The van der Waals surface area contributed by atoms with Crippen LogP contribution in [0.1, 0.15) is 19.4 Å². The van der Waals surface area contributed by atoms with Crippen LogP contribution in [0, 0.1) is 0 Å². The summed E-state index contributed by atoms with van der Waals surface area (Å²) in [5, 5.41) is 0. The van der Waals surface area contributed by atoms with E-state index < -0.39 is 0 Å². The maximum Gasteiger partial charge on any atom is 0.0781 e. The Hall–Kier alpha value is -0.900. The first-order valence-corrected chi connectivity index (χ1v) is 5.98. The van der Waals surface area contributed by atoms with Gasteiger partial charge in [0.05, 0.1) is 32.0 Å². The summed E-state index contributed by atoms with van der Waals surface area (Å²) >= 11 is 0. The molecule has 2 unspecified atom stereocenters. The molecule has 96 valence electrons. The van der Waals surface area contributed by atoms with Crippen molar-refractivity contribution in [2.75, 3.05) is 20.3 Å². The van der Waals surface area contributed by atoms with E-state index in [0.29, 0.717) is 19.8 Å². The highest BCUT2D eigenvalue weighted by Gasteiger charge is 2.05. The van der Waals surface area contributed by atoms with Crippen LogP contribution in [-0.4, -0.2) is 32.5 Å². The van der Waals surface area contributed by atoms with Gasteiger partial charge in [-0.2, -0.15) is 0 Å². The second kappa shape index (κ2) is 8.23. The lowest BCUT2D eigenvalue weighted by atomic mass is 10.2. The van der Waals surface area contributed by atoms with Gasteiger partial charge in [-0.1, -0.05) is 30.3 Å². The minimum absolute atomic E-state index is 0.0938. The van der Waals surface area contributed by atoms with Crippen molar-refractivity contribution in [2.24, 2.45) is 0 Å². The number of methoxy groups -OCH3 is 1. The molecule has 1 aromatic carbocycles. The number of ether oxygens (including phenoxy) is 3. The molecule has 0 spiro atoms. The van der Waals surface area contributed by atoms with Crippen molar-refractivity contribution in [1.29, 1.82) is 0 Å². The van der Waals surface area contributed by atoms with Gasteiger partial charge < -0.3 is 14.2 Å². The van der Waals surface area contributed by atoms with Gasteiger partial charge in [0.2, 0.25) is 0 Å². The quantitative estimate of drug-likeness (QED) is 0.697. The molecule has 0 radical (unpaired) electrons. The van der Waals surface area contributed by atoms with E-state index >= 15 is 0 Å². The van der Waals surface area contributed by atoms with Crippen LogP contribution in [-0.2, 0) is 20.8 Å². The lowest BCUT2D eigenvalue weighted by Crippen LogP contribution is -2.22. The summed E-state index contributed by atoms with van der Waals surface area (Å²) in [6.45, 7) is 5.83. The molecule has 1 rings (SSSR count). The smallest absolute Gasteiger partial charge is 0.0781 e. The molecule has 0 aliphatic carbocycles. The molecule has 0 heterocycles. The van der Waals surface area contributed by atoms with Crippen molar-refractivity contribution in [2.45, 2.75) is 32.7 Å². The molecule has 3 nitrogen and oxygen atoms in total. The van der Waals surface area contributed by atoms with Crippen molar-refractivity contribution in [3.63, 3.8) is 0 Å². The minimum atomic E-state index is 0.0938. The van der Waals surface area contributed by atoms with Crippen molar-refractivity contribution in [1.82, 2.24) is 0 Å². The third-order valence-corrected chi connectivity index (χ3v) is 2.48. The Kier molecular flexibility index (Phi) is 6.86. The van der Waals surface area contributed by atoms with Crippen LogP contribution in [0.2, 0.25) is 0 Å². The largest absolute Gasteiger partial charge is 0.379 e. The molecule has 17 heavy (non-hydrogen) atoms. The Morgan fingerprint density at radius 3 is 2.35 bits per heavy atom. The maximum atomic E-state index is 5.58. The second-order valence-electron chi connectivity index (χ2n) is 4.19. The van der Waals surface area contributed by atoms with Crippen LogP contribution < -0.4 is 0 Å². The van der Waals surface area contributed by atoms with Gasteiger partial charge in [0, 0.05) is 7.11 Å². The Labute approximate surface area is 104 Å². The van der Waals surface area contributed by atoms with Gasteiger partial charge in [-0.3, -0.25) is 0 Å². The van der Waals surface area contributed by atoms with Crippen LogP contribution in [0.25, 0.3) is 0 Å². The van der Waals surface area contributed by atoms with E-state index in [0.717, 1.165) is 0 Å². The standard InChI is InChI=1S/C14H22O3/c1-12(15-3)10-17-13(2)9-16-11-14-7-5-4-6-8-14/h4-8,12-13H,9-11H2,1-3H3. The molecule has 1 aromatic rings. The third-order valence-electron chi connectivity index (χ3n) is 2.48. The van der Waals surface area contributed by atoms with Crippen LogP contribution in [0.15, 0.2) is 30.3 Å². The number of rotatable bonds is 8. The first-order chi connectivity index (χ1) is 8.22. The molecule has 0 amide bonds. The van der Waals surface area contributed by atoms with Gasteiger partial charge in [0.25, 0.3) is 0 Å². The average Bonchev–Trinajstić information content (AvgIpc) is 2.37. The Bertz CT molecular complexity index is 287. The highest BCUT2D eigenvalue weighted by Crippen LogP contribution is 2.02. The molecule has 2 atom stereocenters. The van der Waals surface area contributed by atoms with Crippen LogP contribution in [0.3, 0.4) is 0 Å². The fourth-order valence-corrected chi connectivity index (χ4v) is 1.33. The SMILES string of the molecule is COC(C)COC(C)COCc1ccccc1. The lowest BCUT2D eigenvalue weighted by Gasteiger charge is -2.16. The van der Waals surface area contributed by atoms with E-state index in [1.54, 1.807) is 7.11 Å². The molecule has 3 heteroatoms. The molecule has 0 fully saturated rings. The zero-order valence-electron chi connectivity index (χ0n) is 10.9. The highest BCUT2D eigenvalue weighted by molar-refractivity contribution is 5.13. The van der Waals surface area contributed by atoms with Crippen LogP contribution in [0.5, 0.6) is 0 Å². The number of hydrogen-bond acceptors (Lipinski definition) is 3. The molecule has 0 bridgehead atoms. The lowest BCUT2D eigenvalue weighted by molar-refractivity contribution is -0.0493. The summed E-state index contributed by atoms with van der Waals surface area (Å²) < 4.78 is 16.3. The van der Waals surface area contributed by atoms with Gasteiger partial charge >= 0.3 is 0 Å². The Morgan fingerprint density at radius 2 is 1.71 bits per heavy atom.